The van der Waals surface area contributed by atoms with E-state index in [0.29, 0.717) is 0 Å². The molecular weight excluding hydrogens is 308 g/mol. The molecule has 120 valence electrons. The highest BCUT2D eigenvalue weighted by atomic mass is 15.1. The zero-order valence-electron chi connectivity index (χ0n) is 13.5. The number of allylic oxidation sites excluding steroid dienone is 3. The molecule has 0 aromatic carbocycles. The smallest absolute Gasteiger partial charge is 0.0479 e. The van der Waals surface area contributed by atoms with E-state index >= 15 is 0 Å². The maximum atomic E-state index is 4.13. The van der Waals surface area contributed by atoms with Gasteiger partial charge in [0.2, 0.25) is 0 Å². The average Bonchev–Trinajstić information content (AvgIpc) is 2.71. The van der Waals surface area contributed by atoms with Crippen LogP contribution in [0.5, 0.6) is 0 Å². The second-order valence-electron chi connectivity index (χ2n) is 5.55. The number of aromatic nitrogens is 3. The highest BCUT2D eigenvalue weighted by Gasteiger charge is 2.12. The largest absolute Gasteiger partial charge is 0.324 e. The highest BCUT2D eigenvalue weighted by molar-refractivity contribution is 5.85. The van der Waals surface area contributed by atoms with Gasteiger partial charge in [0.25, 0.3) is 0 Å². The number of nitrogens with zero attached hydrogens (tertiary/aromatic N) is 4. The monoisotopic (exact) mass is 324 g/mol. The third-order valence-electron chi connectivity index (χ3n) is 4.02. The number of anilines is 1. The van der Waals surface area contributed by atoms with Gasteiger partial charge in [-0.25, -0.2) is 0 Å². The lowest BCUT2D eigenvalue weighted by atomic mass is 9.93. The Morgan fingerprint density at radius 3 is 1.52 bits per heavy atom. The fraction of sp³-hybridized carbons (Fsp3) is 0. The van der Waals surface area contributed by atoms with Crippen LogP contribution in [0.3, 0.4) is 0 Å². The van der Waals surface area contributed by atoms with E-state index in [4.69, 9.17) is 0 Å². The standard InChI is InChI=1S/C21H16N4/c1-9-22-10-2-17(1)21(18-3-11-23-12-4-18)19-7-15-25(16-8-19)20-5-13-24-14-6-20/h1-16H. The number of pyridine rings is 3. The molecule has 0 spiro atoms. The van der Waals surface area contributed by atoms with Gasteiger partial charge in [0.15, 0.2) is 0 Å². The number of hydrogen-bond acceptors (Lipinski definition) is 4. The lowest BCUT2D eigenvalue weighted by Crippen LogP contribution is -2.10. The molecule has 25 heavy (non-hydrogen) atoms. The summed E-state index contributed by atoms with van der Waals surface area (Å²) in [5.74, 6) is 0. The second kappa shape index (κ2) is 6.93. The van der Waals surface area contributed by atoms with Crippen molar-refractivity contribution in [1.82, 2.24) is 15.0 Å². The summed E-state index contributed by atoms with van der Waals surface area (Å²) < 4.78 is 0. The van der Waals surface area contributed by atoms with Gasteiger partial charge in [-0.3, -0.25) is 15.0 Å². The van der Waals surface area contributed by atoms with Gasteiger partial charge in [-0.15, -0.1) is 0 Å². The van der Waals surface area contributed by atoms with Crippen molar-refractivity contribution < 1.29 is 0 Å². The Kier molecular flexibility index (Phi) is 4.16. The molecule has 0 radical (unpaired) electrons. The van der Waals surface area contributed by atoms with E-state index in [1.165, 1.54) is 0 Å². The molecule has 1 aliphatic rings. The van der Waals surface area contributed by atoms with E-state index < -0.39 is 0 Å². The molecule has 1 aliphatic heterocycles. The van der Waals surface area contributed by atoms with Crippen LogP contribution in [0.2, 0.25) is 0 Å². The first kappa shape index (κ1) is 15.0. The van der Waals surface area contributed by atoms with Crippen molar-refractivity contribution in [2.24, 2.45) is 0 Å². The normalized spacial score (nSPS) is 13.1. The molecule has 0 amide bonds. The van der Waals surface area contributed by atoms with Crippen molar-refractivity contribution in [1.29, 1.82) is 0 Å². The van der Waals surface area contributed by atoms with Gasteiger partial charge >= 0.3 is 0 Å². The maximum Gasteiger partial charge on any atom is 0.0479 e. The Labute approximate surface area is 146 Å². The summed E-state index contributed by atoms with van der Waals surface area (Å²) in [5.41, 5.74) is 5.64. The van der Waals surface area contributed by atoms with E-state index in [9.17, 15) is 0 Å². The predicted octanol–water partition coefficient (Wildman–Crippen LogP) is 4.22. The summed E-state index contributed by atoms with van der Waals surface area (Å²) in [6, 6.07) is 12.1. The quantitative estimate of drug-likeness (QED) is 0.723. The number of rotatable bonds is 3. The first-order valence-corrected chi connectivity index (χ1v) is 8.02. The molecule has 0 atom stereocenters. The van der Waals surface area contributed by atoms with Crippen molar-refractivity contribution in [3.63, 3.8) is 0 Å². The molecule has 4 nitrogen and oxygen atoms in total. The summed E-state index contributed by atoms with van der Waals surface area (Å²) in [4.78, 5) is 14.4. The van der Waals surface area contributed by atoms with Gasteiger partial charge in [-0.05, 0) is 70.8 Å². The molecule has 0 fully saturated rings. The van der Waals surface area contributed by atoms with Crippen molar-refractivity contribution in [3.8, 4) is 0 Å². The van der Waals surface area contributed by atoms with Crippen LogP contribution in [0.25, 0.3) is 5.57 Å². The zero-order valence-corrected chi connectivity index (χ0v) is 13.5. The van der Waals surface area contributed by atoms with Crippen molar-refractivity contribution in [2.75, 3.05) is 4.90 Å². The fourth-order valence-electron chi connectivity index (χ4n) is 2.82. The van der Waals surface area contributed by atoms with Crippen LogP contribution in [0.15, 0.2) is 104 Å². The topological polar surface area (TPSA) is 41.9 Å². The van der Waals surface area contributed by atoms with E-state index in [0.717, 1.165) is 28.0 Å². The second-order valence-corrected chi connectivity index (χ2v) is 5.55. The van der Waals surface area contributed by atoms with Crippen LogP contribution in [0.4, 0.5) is 5.69 Å². The Bertz CT molecular complexity index is 872. The highest BCUT2D eigenvalue weighted by Crippen LogP contribution is 2.30. The molecule has 0 unspecified atom stereocenters. The Morgan fingerprint density at radius 1 is 0.600 bits per heavy atom. The summed E-state index contributed by atoms with van der Waals surface area (Å²) in [7, 11) is 0. The molecule has 0 N–H and O–H groups in total. The summed E-state index contributed by atoms with van der Waals surface area (Å²) in [6.45, 7) is 0. The van der Waals surface area contributed by atoms with Gasteiger partial charge in [-0.1, -0.05) is 0 Å². The van der Waals surface area contributed by atoms with Gasteiger partial charge in [0.05, 0.1) is 0 Å². The third-order valence-corrected chi connectivity index (χ3v) is 4.02. The van der Waals surface area contributed by atoms with Gasteiger partial charge in [0, 0.05) is 55.3 Å². The third kappa shape index (κ3) is 3.23. The Hall–Kier alpha value is -3.53. The molecule has 4 heteroatoms. The molecule has 0 saturated heterocycles. The van der Waals surface area contributed by atoms with Crippen LogP contribution in [0, 0.1) is 0 Å². The van der Waals surface area contributed by atoms with Gasteiger partial charge in [0.1, 0.15) is 0 Å². The van der Waals surface area contributed by atoms with E-state index in [1.54, 1.807) is 12.4 Å². The molecular formula is C21H16N4. The van der Waals surface area contributed by atoms with Crippen LogP contribution < -0.4 is 4.90 Å². The Balaban J connectivity index is 1.77. The van der Waals surface area contributed by atoms with Crippen LogP contribution in [0.1, 0.15) is 11.1 Å². The van der Waals surface area contributed by atoms with E-state index in [2.05, 4.69) is 44.4 Å². The molecule has 4 rings (SSSR count). The minimum Gasteiger partial charge on any atom is -0.324 e. The van der Waals surface area contributed by atoms with Gasteiger partial charge < -0.3 is 4.90 Å². The van der Waals surface area contributed by atoms with Crippen molar-refractivity contribution >= 4 is 11.3 Å². The summed E-state index contributed by atoms with van der Waals surface area (Å²) >= 11 is 0. The molecule has 3 aromatic rings. The van der Waals surface area contributed by atoms with Gasteiger partial charge in [-0.2, -0.15) is 0 Å². The minimum atomic E-state index is 1.08. The molecule has 3 aromatic heterocycles. The first-order valence-electron chi connectivity index (χ1n) is 8.02. The molecule has 4 heterocycles. The molecule has 0 saturated carbocycles. The SMILES string of the molecule is C1=CN(c2ccncc2)C=CC1=C(c1ccncc1)c1ccncc1. The van der Waals surface area contributed by atoms with E-state index in [-0.39, 0.29) is 0 Å². The maximum absolute atomic E-state index is 4.13. The summed E-state index contributed by atoms with van der Waals surface area (Å²) in [5, 5.41) is 0. The first-order chi connectivity index (χ1) is 12.4. The fourth-order valence-corrected chi connectivity index (χ4v) is 2.82. The zero-order chi connectivity index (χ0) is 16.9. The van der Waals surface area contributed by atoms with E-state index in [1.807, 2.05) is 61.2 Å². The van der Waals surface area contributed by atoms with Crippen molar-refractivity contribution in [2.45, 2.75) is 0 Å². The predicted molar refractivity (Wildman–Crippen MR) is 99.5 cm³/mol. The molecule has 0 aliphatic carbocycles. The number of hydrogen-bond donors (Lipinski definition) is 0. The average molecular weight is 324 g/mol. The van der Waals surface area contributed by atoms with Crippen LogP contribution in [-0.2, 0) is 0 Å². The minimum absolute atomic E-state index is 1.08. The molecule has 0 bridgehead atoms. The van der Waals surface area contributed by atoms with Crippen LogP contribution in [-0.4, -0.2) is 15.0 Å². The Morgan fingerprint density at radius 2 is 1.04 bits per heavy atom. The van der Waals surface area contributed by atoms with Crippen molar-refractivity contribution in [3.05, 3.63) is 115 Å². The van der Waals surface area contributed by atoms with Crippen LogP contribution >= 0.6 is 0 Å². The lowest BCUT2D eigenvalue weighted by molar-refractivity contribution is 1.22. The summed E-state index contributed by atoms with van der Waals surface area (Å²) in [6.07, 6.45) is 19.2. The lowest BCUT2D eigenvalue weighted by Gasteiger charge is -2.20.